The van der Waals surface area contributed by atoms with Crippen LogP contribution in [0.25, 0.3) is 6.08 Å². The predicted molar refractivity (Wildman–Crippen MR) is 123 cm³/mol. The first kappa shape index (κ1) is 21.3. The van der Waals surface area contributed by atoms with Gasteiger partial charge in [-0.25, -0.2) is 0 Å². The molecule has 5 nitrogen and oxygen atoms in total. The summed E-state index contributed by atoms with van der Waals surface area (Å²) in [5.74, 6) is 3.18. The highest BCUT2D eigenvalue weighted by molar-refractivity contribution is 14.1. The Kier molecular flexibility index (Phi) is 6.87. The van der Waals surface area contributed by atoms with Crippen molar-refractivity contribution in [1.29, 1.82) is 0 Å². The summed E-state index contributed by atoms with van der Waals surface area (Å²) < 4.78 is 11.7. The third-order valence-electron chi connectivity index (χ3n) is 4.15. The van der Waals surface area contributed by atoms with E-state index < -0.39 is 0 Å². The molecule has 0 spiro atoms. The highest BCUT2D eigenvalue weighted by atomic mass is 127. The van der Waals surface area contributed by atoms with Gasteiger partial charge in [-0.15, -0.1) is 6.42 Å². The van der Waals surface area contributed by atoms with Crippen LogP contribution in [0, 0.1) is 22.8 Å². The van der Waals surface area contributed by atoms with Gasteiger partial charge in [-0.05, 0) is 70.6 Å². The van der Waals surface area contributed by atoms with Crippen LogP contribution in [0.3, 0.4) is 0 Å². The first-order valence-electron chi connectivity index (χ1n) is 8.67. The van der Waals surface area contributed by atoms with Crippen molar-refractivity contribution in [2.45, 2.75) is 13.5 Å². The van der Waals surface area contributed by atoms with Gasteiger partial charge in [0, 0.05) is 0 Å². The average molecular weight is 519 g/mol. The van der Waals surface area contributed by atoms with E-state index in [1.54, 1.807) is 12.1 Å². The molecule has 1 aliphatic rings. The molecule has 1 saturated heterocycles. The zero-order valence-corrected chi connectivity index (χ0v) is 18.9. The predicted octanol–water partition coefficient (Wildman–Crippen LogP) is 4.86. The van der Waals surface area contributed by atoms with Gasteiger partial charge in [0.15, 0.2) is 11.5 Å². The maximum absolute atomic E-state index is 12.8. The minimum absolute atomic E-state index is 0.129. The van der Waals surface area contributed by atoms with E-state index in [-0.39, 0.29) is 24.3 Å². The molecule has 0 N–H and O–H groups in total. The summed E-state index contributed by atoms with van der Waals surface area (Å²) in [5, 5.41) is -0.279. The van der Waals surface area contributed by atoms with E-state index in [1.165, 1.54) is 12.0 Å². The van der Waals surface area contributed by atoms with Gasteiger partial charge in [0.1, 0.15) is 6.61 Å². The molecule has 1 heterocycles. The zero-order valence-electron chi connectivity index (χ0n) is 15.9. The third-order valence-corrected chi connectivity index (χ3v) is 5.85. The molecule has 0 aromatic heterocycles. The quantitative estimate of drug-likeness (QED) is 0.310. The van der Waals surface area contributed by atoms with Gasteiger partial charge in [0.05, 0.1) is 22.1 Å². The van der Waals surface area contributed by atoms with Gasteiger partial charge < -0.3 is 9.47 Å². The fraction of sp³-hybridized carbons (Fsp3) is 0.182. The molecule has 2 aromatic carbocycles. The summed E-state index contributed by atoms with van der Waals surface area (Å²) in [7, 11) is 1.54. The number of nitrogens with zero attached hydrogens (tertiary/aromatic N) is 1. The number of carbonyl (C=O) groups is 2. The molecule has 0 saturated carbocycles. The van der Waals surface area contributed by atoms with E-state index in [0.29, 0.717) is 16.4 Å². The summed E-state index contributed by atoms with van der Waals surface area (Å²) >= 11 is 3.06. The summed E-state index contributed by atoms with van der Waals surface area (Å²) in [6.45, 7) is 2.36. The lowest BCUT2D eigenvalue weighted by molar-refractivity contribution is -0.123. The van der Waals surface area contributed by atoms with Gasteiger partial charge in [0.2, 0.25) is 0 Å². The largest absolute Gasteiger partial charge is 0.493 e. The van der Waals surface area contributed by atoms with E-state index in [1.807, 2.05) is 37.3 Å². The summed E-state index contributed by atoms with van der Waals surface area (Å²) in [6, 6.07) is 11.4. The molecule has 0 unspecified atom stereocenters. The number of thioether (sulfide) groups is 1. The fourth-order valence-corrected chi connectivity index (χ4v) is 4.48. The van der Waals surface area contributed by atoms with Crippen molar-refractivity contribution in [1.82, 2.24) is 4.90 Å². The molecule has 0 radical (unpaired) electrons. The molecular formula is C22H18INO4S. The zero-order chi connectivity index (χ0) is 21.0. The number of carbonyl (C=O) groups excluding carboxylic acids is 2. The minimum Gasteiger partial charge on any atom is -0.493 e. The smallest absolute Gasteiger partial charge is 0.293 e. The fourth-order valence-electron chi connectivity index (χ4n) is 2.86. The second-order valence-electron chi connectivity index (χ2n) is 6.28. The number of halogens is 1. The molecule has 2 amide bonds. The normalized spacial score (nSPS) is 15.0. The Hall–Kier alpha value is -2.44. The molecule has 29 heavy (non-hydrogen) atoms. The first-order chi connectivity index (χ1) is 13.9. The van der Waals surface area contributed by atoms with Gasteiger partial charge in [-0.2, -0.15) is 0 Å². The lowest BCUT2D eigenvalue weighted by atomic mass is 10.1. The number of methoxy groups -OCH3 is 1. The van der Waals surface area contributed by atoms with Gasteiger partial charge in [0.25, 0.3) is 11.1 Å². The molecule has 0 aliphatic carbocycles. The van der Waals surface area contributed by atoms with Crippen molar-refractivity contribution in [2.24, 2.45) is 0 Å². The number of ether oxygens (including phenoxy) is 2. The number of terminal acetylenes is 1. The number of benzene rings is 2. The number of amides is 2. The first-order valence-corrected chi connectivity index (χ1v) is 10.6. The van der Waals surface area contributed by atoms with Crippen molar-refractivity contribution in [2.75, 3.05) is 13.7 Å². The van der Waals surface area contributed by atoms with Crippen LogP contribution < -0.4 is 9.47 Å². The monoisotopic (exact) mass is 519 g/mol. The van der Waals surface area contributed by atoms with Crippen molar-refractivity contribution in [3.8, 4) is 23.8 Å². The Morgan fingerprint density at radius 1 is 1.28 bits per heavy atom. The number of hydrogen-bond acceptors (Lipinski definition) is 5. The lowest BCUT2D eigenvalue weighted by Gasteiger charge is -2.13. The van der Waals surface area contributed by atoms with Crippen molar-refractivity contribution >= 4 is 51.6 Å². The van der Waals surface area contributed by atoms with E-state index >= 15 is 0 Å². The van der Waals surface area contributed by atoms with E-state index in [4.69, 9.17) is 15.9 Å². The molecule has 2 aromatic rings. The van der Waals surface area contributed by atoms with E-state index in [0.717, 1.165) is 32.0 Å². The Morgan fingerprint density at radius 2 is 2.07 bits per heavy atom. The van der Waals surface area contributed by atoms with E-state index in [2.05, 4.69) is 28.5 Å². The second kappa shape index (κ2) is 9.37. The van der Waals surface area contributed by atoms with Crippen molar-refractivity contribution in [3.05, 3.63) is 61.6 Å². The van der Waals surface area contributed by atoms with E-state index in [9.17, 15) is 9.59 Å². The Labute approximate surface area is 187 Å². The van der Waals surface area contributed by atoms with Crippen LogP contribution in [0.4, 0.5) is 4.79 Å². The van der Waals surface area contributed by atoms with Crippen molar-refractivity contribution < 1.29 is 19.1 Å². The molecule has 7 heteroatoms. The Bertz CT molecular complexity index is 1040. The highest BCUT2D eigenvalue weighted by Gasteiger charge is 2.35. The molecule has 0 bridgehead atoms. The standard InChI is InChI=1S/C22H18INO4S/c1-4-8-28-20-17(23)10-16(11-18(20)27-3)12-19-21(25)24(22(26)29-19)13-15-7-5-6-14(2)9-15/h1,5-7,9-12H,8,13H2,2-3H3/b19-12-. The molecule has 148 valence electrons. The molecule has 0 atom stereocenters. The van der Waals surface area contributed by atoms with Crippen LogP contribution >= 0.6 is 34.4 Å². The molecule has 1 fully saturated rings. The third kappa shape index (κ3) is 4.95. The second-order valence-corrected chi connectivity index (χ2v) is 8.44. The number of rotatable bonds is 6. The van der Waals surface area contributed by atoms with Crippen LogP contribution in [-0.4, -0.2) is 29.8 Å². The van der Waals surface area contributed by atoms with Crippen LogP contribution in [-0.2, 0) is 11.3 Å². The van der Waals surface area contributed by atoms with Gasteiger partial charge in [-0.3, -0.25) is 14.5 Å². The van der Waals surface area contributed by atoms with Crippen molar-refractivity contribution in [3.63, 3.8) is 0 Å². The number of aryl methyl sites for hydroxylation is 1. The van der Waals surface area contributed by atoms with Gasteiger partial charge >= 0.3 is 0 Å². The van der Waals surface area contributed by atoms with Crippen LogP contribution in [0.2, 0.25) is 0 Å². The van der Waals surface area contributed by atoms with Crippen LogP contribution in [0.15, 0.2) is 41.3 Å². The minimum atomic E-state index is -0.303. The Morgan fingerprint density at radius 3 is 2.76 bits per heavy atom. The number of hydrogen-bond donors (Lipinski definition) is 0. The Balaban J connectivity index is 1.85. The summed E-state index contributed by atoms with van der Waals surface area (Å²) in [6.07, 6.45) is 6.95. The van der Waals surface area contributed by atoms with Gasteiger partial charge in [-0.1, -0.05) is 35.7 Å². The highest BCUT2D eigenvalue weighted by Crippen LogP contribution is 2.37. The SMILES string of the molecule is C#CCOc1c(I)cc(/C=C2\SC(=O)N(Cc3cccc(C)c3)C2=O)cc1OC. The maximum atomic E-state index is 12.8. The average Bonchev–Trinajstić information content (AvgIpc) is 2.94. The summed E-state index contributed by atoms with van der Waals surface area (Å²) in [4.78, 5) is 26.8. The summed E-state index contributed by atoms with van der Waals surface area (Å²) in [5.41, 5.74) is 2.74. The van der Waals surface area contributed by atoms with Crippen LogP contribution in [0.5, 0.6) is 11.5 Å². The van der Waals surface area contributed by atoms with Crippen LogP contribution in [0.1, 0.15) is 16.7 Å². The molecule has 3 rings (SSSR count). The molecule has 1 aliphatic heterocycles. The topological polar surface area (TPSA) is 55.8 Å². The number of imide groups is 1. The molecular weight excluding hydrogens is 501 g/mol. The maximum Gasteiger partial charge on any atom is 0.293 e. The lowest BCUT2D eigenvalue weighted by Crippen LogP contribution is -2.27.